The molecule has 0 saturated carbocycles. The zero-order chi connectivity index (χ0) is 19.1. The maximum atomic E-state index is 6.18. The molecule has 0 aliphatic carbocycles. The summed E-state index contributed by atoms with van der Waals surface area (Å²) in [6, 6.07) is 0.556. The van der Waals surface area contributed by atoms with Crippen LogP contribution in [0.3, 0.4) is 0 Å². The molecule has 28 heavy (non-hydrogen) atoms. The Morgan fingerprint density at radius 3 is 3.11 bits per heavy atom. The number of hydrogen-bond donors (Lipinski definition) is 2. The van der Waals surface area contributed by atoms with Crippen LogP contribution in [0.5, 0.6) is 5.88 Å². The Balaban J connectivity index is 1.37. The third kappa shape index (κ3) is 3.38. The number of likely N-dealkylation sites (tertiary alicyclic amines) is 1. The summed E-state index contributed by atoms with van der Waals surface area (Å²) in [4.78, 5) is 11.3. The molecule has 9 nitrogen and oxygen atoms in total. The second kappa shape index (κ2) is 7.38. The number of ether oxygens (including phenoxy) is 2. The number of rotatable bonds is 3. The van der Waals surface area contributed by atoms with E-state index in [-0.39, 0.29) is 0 Å². The maximum absolute atomic E-state index is 6.18. The van der Waals surface area contributed by atoms with Crippen LogP contribution in [-0.4, -0.2) is 69.6 Å². The Bertz CT molecular complexity index is 874. The number of morpholine rings is 1. The molecule has 2 aromatic heterocycles. The molecule has 5 rings (SSSR count). The third-order valence-electron chi connectivity index (χ3n) is 5.62. The first-order chi connectivity index (χ1) is 13.7. The molecule has 3 aliphatic rings. The van der Waals surface area contributed by atoms with Crippen LogP contribution >= 0.6 is 11.6 Å². The summed E-state index contributed by atoms with van der Waals surface area (Å²) >= 11 is 6.18. The van der Waals surface area contributed by atoms with Crippen molar-refractivity contribution >= 4 is 29.1 Å². The Labute approximate surface area is 168 Å². The van der Waals surface area contributed by atoms with Gasteiger partial charge in [0.05, 0.1) is 37.8 Å². The van der Waals surface area contributed by atoms with Gasteiger partial charge in [-0.3, -0.25) is 9.58 Å². The van der Waals surface area contributed by atoms with Gasteiger partial charge in [0.2, 0.25) is 5.95 Å². The second-order valence-corrected chi connectivity index (χ2v) is 7.88. The number of hydrogen-bond acceptors (Lipinski definition) is 8. The zero-order valence-electron chi connectivity index (χ0n) is 15.8. The number of nitrogens with one attached hydrogen (secondary N) is 2. The Hall–Kier alpha value is -2.10. The highest BCUT2D eigenvalue weighted by Crippen LogP contribution is 2.32. The predicted molar refractivity (Wildman–Crippen MR) is 106 cm³/mol. The lowest BCUT2D eigenvalue weighted by molar-refractivity contribution is 0.0289. The summed E-state index contributed by atoms with van der Waals surface area (Å²) in [5, 5.41) is 11.7. The molecule has 2 atom stereocenters. The molecule has 3 aliphatic heterocycles. The summed E-state index contributed by atoms with van der Waals surface area (Å²) in [6.07, 6.45) is 3.98. The molecular weight excluding hydrogens is 382 g/mol. The maximum Gasteiger partial charge on any atom is 0.257 e. The number of anilines is 3. The number of halogens is 1. The van der Waals surface area contributed by atoms with E-state index in [2.05, 4.69) is 25.5 Å². The SMILES string of the molecule is Cc1c2c(nn1CCN1C[C@@H]3C[C@H]1CO3)OCCCNc1nc(ncc1Cl)N2. The van der Waals surface area contributed by atoms with Crippen LogP contribution in [0.1, 0.15) is 18.5 Å². The third-order valence-corrected chi connectivity index (χ3v) is 5.90. The Morgan fingerprint density at radius 2 is 2.29 bits per heavy atom. The Morgan fingerprint density at radius 1 is 1.36 bits per heavy atom. The fourth-order valence-electron chi connectivity index (χ4n) is 4.07. The minimum atomic E-state index is 0.412. The van der Waals surface area contributed by atoms with Gasteiger partial charge in [-0.05, 0) is 19.8 Å². The fourth-order valence-corrected chi connectivity index (χ4v) is 4.23. The van der Waals surface area contributed by atoms with Crippen LogP contribution in [0.15, 0.2) is 6.20 Å². The van der Waals surface area contributed by atoms with Crippen LogP contribution in [0.25, 0.3) is 0 Å². The van der Waals surface area contributed by atoms with Crippen molar-refractivity contribution in [3.05, 3.63) is 16.9 Å². The molecule has 0 spiro atoms. The molecule has 2 fully saturated rings. The minimum Gasteiger partial charge on any atom is -0.475 e. The summed E-state index contributed by atoms with van der Waals surface area (Å²) in [7, 11) is 0. The molecule has 4 bridgehead atoms. The van der Waals surface area contributed by atoms with Gasteiger partial charge in [-0.15, -0.1) is 5.10 Å². The zero-order valence-corrected chi connectivity index (χ0v) is 16.6. The lowest BCUT2D eigenvalue weighted by Crippen LogP contribution is -2.39. The first-order valence-corrected chi connectivity index (χ1v) is 10.1. The summed E-state index contributed by atoms with van der Waals surface area (Å²) in [5.74, 6) is 1.68. The fraction of sp³-hybridized carbons (Fsp3) is 0.611. The molecule has 150 valence electrons. The van der Waals surface area contributed by atoms with E-state index in [4.69, 9.17) is 26.2 Å². The van der Waals surface area contributed by atoms with E-state index in [1.165, 1.54) is 0 Å². The smallest absolute Gasteiger partial charge is 0.257 e. The van der Waals surface area contributed by atoms with E-state index < -0.39 is 0 Å². The van der Waals surface area contributed by atoms with Crippen molar-refractivity contribution in [3.8, 4) is 5.88 Å². The van der Waals surface area contributed by atoms with Crippen LogP contribution in [0.2, 0.25) is 5.02 Å². The molecule has 0 aromatic carbocycles. The van der Waals surface area contributed by atoms with Crippen molar-refractivity contribution in [2.24, 2.45) is 0 Å². The van der Waals surface area contributed by atoms with E-state index in [9.17, 15) is 0 Å². The topological polar surface area (TPSA) is 89.4 Å². The van der Waals surface area contributed by atoms with E-state index >= 15 is 0 Å². The summed E-state index contributed by atoms with van der Waals surface area (Å²) in [5.41, 5.74) is 1.81. The monoisotopic (exact) mass is 405 g/mol. The van der Waals surface area contributed by atoms with Gasteiger partial charge in [0.15, 0.2) is 5.82 Å². The van der Waals surface area contributed by atoms with Crippen molar-refractivity contribution in [2.45, 2.75) is 38.5 Å². The summed E-state index contributed by atoms with van der Waals surface area (Å²) in [6.45, 7) is 6.95. The lowest BCUT2D eigenvalue weighted by Gasteiger charge is -2.26. The van der Waals surface area contributed by atoms with Gasteiger partial charge >= 0.3 is 0 Å². The molecule has 5 heterocycles. The van der Waals surface area contributed by atoms with Gasteiger partial charge in [0, 0.05) is 25.7 Å². The largest absolute Gasteiger partial charge is 0.475 e. The summed E-state index contributed by atoms with van der Waals surface area (Å²) < 4.78 is 13.7. The van der Waals surface area contributed by atoms with Crippen LogP contribution in [0, 0.1) is 6.92 Å². The van der Waals surface area contributed by atoms with Crippen molar-refractivity contribution in [2.75, 3.05) is 43.5 Å². The highest BCUT2D eigenvalue weighted by molar-refractivity contribution is 6.32. The van der Waals surface area contributed by atoms with Crippen molar-refractivity contribution in [1.82, 2.24) is 24.6 Å². The normalized spacial score (nSPS) is 24.1. The van der Waals surface area contributed by atoms with Gasteiger partial charge in [-0.1, -0.05) is 11.6 Å². The van der Waals surface area contributed by atoms with Gasteiger partial charge in [0.1, 0.15) is 10.7 Å². The predicted octanol–water partition coefficient (Wildman–Crippen LogP) is 2.05. The van der Waals surface area contributed by atoms with Crippen LogP contribution in [0.4, 0.5) is 17.5 Å². The van der Waals surface area contributed by atoms with Gasteiger partial charge in [-0.2, -0.15) is 4.98 Å². The highest BCUT2D eigenvalue weighted by Gasteiger charge is 2.38. The number of aromatic nitrogens is 4. The molecule has 0 amide bonds. The van der Waals surface area contributed by atoms with Crippen molar-refractivity contribution in [1.29, 1.82) is 0 Å². The molecule has 2 saturated heterocycles. The van der Waals surface area contributed by atoms with Crippen molar-refractivity contribution in [3.63, 3.8) is 0 Å². The van der Waals surface area contributed by atoms with Crippen LogP contribution < -0.4 is 15.4 Å². The van der Waals surface area contributed by atoms with E-state index in [1.807, 2.05) is 11.6 Å². The molecule has 10 heteroatoms. The molecule has 2 aromatic rings. The molecule has 2 N–H and O–H groups in total. The minimum absolute atomic E-state index is 0.412. The molecular formula is C18H24ClN7O2. The lowest BCUT2D eigenvalue weighted by atomic mass is 10.2. The second-order valence-electron chi connectivity index (χ2n) is 7.47. The van der Waals surface area contributed by atoms with E-state index in [1.54, 1.807) is 6.20 Å². The average molecular weight is 406 g/mol. The number of nitrogens with zero attached hydrogens (tertiary/aromatic N) is 5. The highest BCUT2D eigenvalue weighted by atomic mass is 35.5. The first-order valence-electron chi connectivity index (χ1n) is 9.76. The van der Waals surface area contributed by atoms with Gasteiger partial charge in [-0.25, -0.2) is 4.98 Å². The van der Waals surface area contributed by atoms with Crippen molar-refractivity contribution < 1.29 is 9.47 Å². The number of fused-ring (bicyclic) bond motifs is 5. The van der Waals surface area contributed by atoms with Gasteiger partial charge in [0.25, 0.3) is 5.88 Å². The quantitative estimate of drug-likeness (QED) is 0.802. The van der Waals surface area contributed by atoms with E-state index in [0.29, 0.717) is 48.0 Å². The molecule has 0 radical (unpaired) electrons. The average Bonchev–Trinajstić information content (AvgIpc) is 3.38. The standard InChI is InChI=1S/C18H24ClN7O2/c1-11-15-17(24-26(11)5-4-25-9-13-7-12(25)10-28-13)27-6-2-3-20-16-14(19)8-21-18(22-15)23-16/h8,12-13H,2-7,9-10H2,1H3,(H2,20,21,22,23)/t12-,13-/m0/s1. The Kier molecular flexibility index (Phi) is 4.73. The first kappa shape index (κ1) is 18.0. The molecule has 0 unspecified atom stereocenters. The van der Waals surface area contributed by atoms with Crippen LogP contribution in [-0.2, 0) is 11.3 Å². The van der Waals surface area contributed by atoms with E-state index in [0.717, 1.165) is 50.5 Å². The van der Waals surface area contributed by atoms with Gasteiger partial charge < -0.3 is 20.1 Å².